The van der Waals surface area contributed by atoms with E-state index in [2.05, 4.69) is 4.98 Å². The van der Waals surface area contributed by atoms with Crippen molar-refractivity contribution in [2.24, 2.45) is 0 Å². The molecule has 1 fully saturated rings. The number of nitrogens with zero attached hydrogens (tertiary/aromatic N) is 2. The molecular formula is C15H19N3O2S. The molecule has 0 unspecified atom stereocenters. The van der Waals surface area contributed by atoms with E-state index in [1.54, 1.807) is 0 Å². The molecule has 6 heteroatoms. The number of nitrogen functional groups attached to an aromatic ring is 1. The quantitative estimate of drug-likeness (QED) is 0.878. The van der Waals surface area contributed by atoms with Gasteiger partial charge in [-0.2, -0.15) is 0 Å². The minimum Gasteiger partial charge on any atom is -0.397 e. The molecule has 0 aromatic carbocycles. The topological polar surface area (TPSA) is 68.5 Å². The number of aromatic nitrogens is 1. The fraction of sp³-hybridized carbons (Fsp3) is 0.467. The highest BCUT2D eigenvalue weighted by Gasteiger charge is 2.24. The number of rotatable bonds is 1. The second-order valence-electron chi connectivity index (χ2n) is 5.36. The summed E-state index contributed by atoms with van der Waals surface area (Å²) in [6.07, 6.45) is 0.868. The Morgan fingerprint density at radius 1 is 1.38 bits per heavy atom. The number of carbonyl (C=O) groups is 1. The normalized spacial score (nSPS) is 16.2. The zero-order chi connectivity index (χ0) is 15.0. The van der Waals surface area contributed by atoms with Crippen LogP contribution in [0.2, 0.25) is 0 Å². The Bertz CT molecular complexity index is 688. The summed E-state index contributed by atoms with van der Waals surface area (Å²) >= 11 is 1.39. The first-order chi connectivity index (χ1) is 10.1. The van der Waals surface area contributed by atoms with Crippen molar-refractivity contribution in [1.29, 1.82) is 0 Å². The zero-order valence-corrected chi connectivity index (χ0v) is 13.1. The predicted molar refractivity (Wildman–Crippen MR) is 84.8 cm³/mol. The Morgan fingerprint density at radius 3 is 3.00 bits per heavy atom. The van der Waals surface area contributed by atoms with Crippen LogP contribution in [0.5, 0.6) is 0 Å². The molecule has 1 amide bonds. The van der Waals surface area contributed by atoms with Crippen molar-refractivity contribution < 1.29 is 9.53 Å². The van der Waals surface area contributed by atoms with Gasteiger partial charge < -0.3 is 15.4 Å². The van der Waals surface area contributed by atoms with Gasteiger partial charge in [-0.15, -0.1) is 11.3 Å². The van der Waals surface area contributed by atoms with Gasteiger partial charge >= 0.3 is 0 Å². The molecule has 21 heavy (non-hydrogen) atoms. The number of ether oxygens (including phenoxy) is 1. The van der Waals surface area contributed by atoms with Crippen LogP contribution in [0.3, 0.4) is 0 Å². The van der Waals surface area contributed by atoms with Crippen molar-refractivity contribution in [3.05, 3.63) is 22.2 Å². The third kappa shape index (κ3) is 2.61. The van der Waals surface area contributed by atoms with Crippen molar-refractivity contribution in [2.45, 2.75) is 20.3 Å². The number of carbonyl (C=O) groups excluding carboxylic acids is 1. The van der Waals surface area contributed by atoms with Crippen LogP contribution in [-0.4, -0.2) is 42.1 Å². The Morgan fingerprint density at radius 2 is 2.19 bits per heavy atom. The van der Waals surface area contributed by atoms with Crippen LogP contribution in [0.15, 0.2) is 6.07 Å². The standard InChI is InChI=1S/C15H19N3O2S/c1-9-8-10(2)17-14-11(9)12(16)13(21-14)15(19)18-4-3-6-20-7-5-18/h8H,3-7,16H2,1-2H3. The van der Waals surface area contributed by atoms with Gasteiger partial charge in [0.2, 0.25) is 0 Å². The molecular weight excluding hydrogens is 286 g/mol. The molecule has 112 valence electrons. The van der Waals surface area contributed by atoms with Gasteiger partial charge in [0.15, 0.2) is 0 Å². The molecule has 0 bridgehead atoms. The molecule has 1 saturated heterocycles. The van der Waals surface area contributed by atoms with E-state index < -0.39 is 0 Å². The lowest BCUT2D eigenvalue weighted by Crippen LogP contribution is -2.33. The highest BCUT2D eigenvalue weighted by Crippen LogP contribution is 2.35. The lowest BCUT2D eigenvalue weighted by Gasteiger charge is -2.18. The van der Waals surface area contributed by atoms with Crippen molar-refractivity contribution in [1.82, 2.24) is 9.88 Å². The molecule has 0 radical (unpaired) electrons. The third-order valence-electron chi connectivity index (χ3n) is 3.73. The lowest BCUT2D eigenvalue weighted by atomic mass is 10.1. The lowest BCUT2D eigenvalue weighted by molar-refractivity contribution is 0.0747. The molecule has 0 atom stereocenters. The van der Waals surface area contributed by atoms with E-state index in [0.717, 1.165) is 34.4 Å². The van der Waals surface area contributed by atoms with E-state index in [-0.39, 0.29) is 5.91 Å². The summed E-state index contributed by atoms with van der Waals surface area (Å²) in [6, 6.07) is 2.00. The number of hydrogen-bond donors (Lipinski definition) is 1. The Labute approximate surface area is 127 Å². The predicted octanol–water partition coefficient (Wildman–Crippen LogP) is 2.36. The van der Waals surface area contributed by atoms with Crippen LogP contribution in [0.1, 0.15) is 27.3 Å². The first kappa shape index (κ1) is 14.3. The number of anilines is 1. The smallest absolute Gasteiger partial charge is 0.266 e. The summed E-state index contributed by atoms with van der Waals surface area (Å²) in [5.74, 6) is -0.00180. The summed E-state index contributed by atoms with van der Waals surface area (Å²) in [5.41, 5.74) is 8.81. The second kappa shape index (κ2) is 5.61. The Hall–Kier alpha value is -1.66. The average Bonchev–Trinajstić information content (AvgIpc) is 2.64. The maximum Gasteiger partial charge on any atom is 0.266 e. The van der Waals surface area contributed by atoms with Crippen molar-refractivity contribution in [3.8, 4) is 0 Å². The number of nitrogens with two attached hydrogens (primary N) is 1. The van der Waals surface area contributed by atoms with Gasteiger partial charge in [-0.25, -0.2) is 4.98 Å². The molecule has 2 N–H and O–H groups in total. The molecule has 3 rings (SSSR count). The first-order valence-corrected chi connectivity index (χ1v) is 7.93. The van der Waals surface area contributed by atoms with Crippen molar-refractivity contribution in [3.63, 3.8) is 0 Å². The number of aryl methyl sites for hydroxylation is 2. The van der Waals surface area contributed by atoms with Gasteiger partial charge in [0.1, 0.15) is 9.71 Å². The zero-order valence-electron chi connectivity index (χ0n) is 12.3. The van der Waals surface area contributed by atoms with E-state index in [1.807, 2.05) is 24.8 Å². The first-order valence-electron chi connectivity index (χ1n) is 7.11. The molecule has 1 aliphatic rings. The Kier molecular flexibility index (Phi) is 3.82. The Balaban J connectivity index is 2.01. The highest BCUT2D eigenvalue weighted by molar-refractivity contribution is 7.21. The minimum atomic E-state index is -0.00180. The summed E-state index contributed by atoms with van der Waals surface area (Å²) in [5, 5.41) is 0.917. The van der Waals surface area contributed by atoms with Gasteiger partial charge in [-0.3, -0.25) is 4.79 Å². The maximum absolute atomic E-state index is 12.7. The monoisotopic (exact) mass is 305 g/mol. The second-order valence-corrected chi connectivity index (χ2v) is 6.36. The summed E-state index contributed by atoms with van der Waals surface area (Å²) in [6.45, 7) is 6.61. The highest BCUT2D eigenvalue weighted by atomic mass is 32.1. The van der Waals surface area contributed by atoms with Crippen molar-refractivity contribution in [2.75, 3.05) is 32.0 Å². The molecule has 5 nitrogen and oxygen atoms in total. The maximum atomic E-state index is 12.7. The van der Waals surface area contributed by atoms with Crippen LogP contribution < -0.4 is 5.73 Å². The van der Waals surface area contributed by atoms with Gasteiger partial charge in [-0.05, 0) is 31.9 Å². The van der Waals surface area contributed by atoms with Crippen LogP contribution in [0.4, 0.5) is 5.69 Å². The van der Waals surface area contributed by atoms with Crippen LogP contribution in [0.25, 0.3) is 10.2 Å². The van der Waals surface area contributed by atoms with Crippen LogP contribution in [0, 0.1) is 13.8 Å². The molecule has 2 aromatic rings. The average molecular weight is 305 g/mol. The van der Waals surface area contributed by atoms with E-state index in [4.69, 9.17) is 10.5 Å². The number of thiophene rings is 1. The van der Waals surface area contributed by atoms with E-state index in [0.29, 0.717) is 30.3 Å². The van der Waals surface area contributed by atoms with Crippen molar-refractivity contribution >= 4 is 33.1 Å². The molecule has 0 aliphatic carbocycles. The fourth-order valence-corrected chi connectivity index (χ4v) is 3.91. The summed E-state index contributed by atoms with van der Waals surface area (Å²) < 4.78 is 5.40. The van der Waals surface area contributed by atoms with E-state index >= 15 is 0 Å². The number of pyridine rings is 1. The minimum absolute atomic E-state index is 0.00180. The SMILES string of the molecule is Cc1cc(C)c2c(N)c(C(=O)N3CCCOCC3)sc2n1. The third-order valence-corrected chi connectivity index (χ3v) is 4.82. The number of amides is 1. The molecule has 3 heterocycles. The summed E-state index contributed by atoms with van der Waals surface area (Å²) in [4.78, 5) is 20.5. The largest absolute Gasteiger partial charge is 0.397 e. The molecule has 1 aliphatic heterocycles. The van der Waals surface area contributed by atoms with Gasteiger partial charge in [0, 0.05) is 30.8 Å². The number of hydrogen-bond acceptors (Lipinski definition) is 5. The van der Waals surface area contributed by atoms with E-state index in [9.17, 15) is 4.79 Å². The summed E-state index contributed by atoms with van der Waals surface area (Å²) in [7, 11) is 0. The van der Waals surface area contributed by atoms with Gasteiger partial charge in [0.25, 0.3) is 5.91 Å². The molecule has 0 saturated carbocycles. The molecule has 0 spiro atoms. The van der Waals surface area contributed by atoms with Gasteiger partial charge in [-0.1, -0.05) is 0 Å². The van der Waals surface area contributed by atoms with Gasteiger partial charge in [0.05, 0.1) is 12.3 Å². The van der Waals surface area contributed by atoms with Crippen LogP contribution in [-0.2, 0) is 4.74 Å². The number of fused-ring (bicyclic) bond motifs is 1. The van der Waals surface area contributed by atoms with Crippen LogP contribution >= 0.6 is 11.3 Å². The van der Waals surface area contributed by atoms with E-state index in [1.165, 1.54) is 11.3 Å². The molecule has 2 aromatic heterocycles. The fourth-order valence-electron chi connectivity index (χ4n) is 2.72.